The highest BCUT2D eigenvalue weighted by Crippen LogP contribution is 2.29. The molecule has 47 heavy (non-hydrogen) atoms. The molecule has 0 bridgehead atoms. The Labute approximate surface area is 282 Å². The van der Waals surface area contributed by atoms with E-state index in [1.54, 1.807) is 48.5 Å². The Balaban J connectivity index is 1.23. The van der Waals surface area contributed by atoms with Crippen molar-refractivity contribution in [2.45, 2.75) is 30.9 Å². The van der Waals surface area contributed by atoms with Gasteiger partial charge in [0.2, 0.25) is 5.91 Å². The van der Waals surface area contributed by atoms with Gasteiger partial charge in [-0.05, 0) is 69.3 Å². The van der Waals surface area contributed by atoms with E-state index in [9.17, 15) is 14.4 Å². The molecular weight excluding hydrogens is 629 g/mol. The van der Waals surface area contributed by atoms with Gasteiger partial charge in [-0.15, -0.1) is 23.1 Å². The lowest BCUT2D eigenvalue weighted by molar-refractivity contribution is -0.115. The molecular formula is C37H34N4O4S2. The third-order valence-electron chi connectivity index (χ3n) is 6.92. The lowest BCUT2D eigenvalue weighted by Gasteiger charge is -2.14. The van der Waals surface area contributed by atoms with Crippen molar-refractivity contribution in [3.63, 3.8) is 0 Å². The molecule has 1 aromatic heterocycles. The first-order valence-electron chi connectivity index (χ1n) is 15.0. The fourth-order valence-electron chi connectivity index (χ4n) is 4.45. The van der Waals surface area contributed by atoms with Crippen LogP contribution in [0.4, 0.5) is 10.8 Å². The average molecular weight is 663 g/mol. The van der Waals surface area contributed by atoms with Crippen LogP contribution in [0.5, 0.6) is 5.75 Å². The Morgan fingerprint density at radius 1 is 0.894 bits per heavy atom. The molecule has 3 N–H and O–H groups in total. The molecule has 3 amide bonds. The number of nitrogens with one attached hydrogen (secondary N) is 3. The summed E-state index contributed by atoms with van der Waals surface area (Å²) in [4.78, 5) is 44.8. The maximum atomic E-state index is 13.5. The molecule has 10 heteroatoms. The van der Waals surface area contributed by atoms with Gasteiger partial charge in [0.1, 0.15) is 11.4 Å². The molecule has 0 aliphatic heterocycles. The van der Waals surface area contributed by atoms with Crippen molar-refractivity contribution in [3.8, 4) is 17.0 Å². The second-order valence-electron chi connectivity index (χ2n) is 10.5. The molecule has 1 heterocycles. The van der Waals surface area contributed by atoms with Crippen LogP contribution in [0.25, 0.3) is 17.3 Å². The van der Waals surface area contributed by atoms with Crippen LogP contribution in [0, 0.1) is 6.92 Å². The molecule has 4 aromatic carbocycles. The number of benzene rings is 4. The molecule has 0 saturated carbocycles. The standard InChI is InChI=1S/C37H34N4O4S2/c1-4-45-33-13-9-8-12-28(33)22-31(39-35(43)27-10-6-5-7-11-27)36(44)38-29-18-20-30(21-19-29)47-25(3)34(42)41-37-40-32(23-46-37)26-16-14-24(2)15-17-26/h5-23,25H,4H2,1-3H3,(H,38,44)(H,39,43)(H,40,41,42)/b31-22-. The maximum Gasteiger partial charge on any atom is 0.272 e. The molecule has 0 fully saturated rings. The molecule has 1 atom stereocenters. The summed E-state index contributed by atoms with van der Waals surface area (Å²) in [6, 6.07) is 31.3. The molecule has 0 aliphatic rings. The second kappa shape index (κ2) is 15.9. The lowest BCUT2D eigenvalue weighted by Crippen LogP contribution is -2.30. The van der Waals surface area contributed by atoms with Crippen LogP contribution in [-0.4, -0.2) is 34.6 Å². The minimum Gasteiger partial charge on any atom is -0.493 e. The summed E-state index contributed by atoms with van der Waals surface area (Å²) in [7, 11) is 0. The third-order valence-corrected chi connectivity index (χ3v) is 8.79. The Kier molecular flexibility index (Phi) is 11.2. The maximum absolute atomic E-state index is 13.5. The second-order valence-corrected chi connectivity index (χ2v) is 12.8. The molecule has 238 valence electrons. The van der Waals surface area contributed by atoms with Crippen LogP contribution < -0.4 is 20.7 Å². The number of amides is 3. The van der Waals surface area contributed by atoms with Gasteiger partial charge in [-0.2, -0.15) is 0 Å². The molecule has 8 nitrogen and oxygen atoms in total. The van der Waals surface area contributed by atoms with E-state index in [-0.39, 0.29) is 11.6 Å². The highest BCUT2D eigenvalue weighted by Gasteiger charge is 2.18. The first-order valence-corrected chi connectivity index (χ1v) is 16.8. The molecule has 1 unspecified atom stereocenters. The zero-order valence-corrected chi connectivity index (χ0v) is 27.8. The van der Waals surface area contributed by atoms with Gasteiger partial charge in [-0.3, -0.25) is 14.4 Å². The van der Waals surface area contributed by atoms with Gasteiger partial charge in [0.25, 0.3) is 11.8 Å². The monoisotopic (exact) mass is 662 g/mol. The van der Waals surface area contributed by atoms with Crippen LogP contribution in [-0.2, 0) is 9.59 Å². The van der Waals surface area contributed by atoms with E-state index in [2.05, 4.69) is 20.9 Å². The first kappa shape index (κ1) is 33.2. The minimum absolute atomic E-state index is 0.0578. The van der Waals surface area contributed by atoms with E-state index < -0.39 is 17.1 Å². The number of para-hydroxylation sites is 1. The normalized spacial score (nSPS) is 11.8. The van der Waals surface area contributed by atoms with Crippen molar-refractivity contribution in [2.24, 2.45) is 0 Å². The number of anilines is 2. The van der Waals surface area contributed by atoms with Gasteiger partial charge < -0.3 is 20.7 Å². The fraction of sp³-hybridized carbons (Fsp3) is 0.135. The van der Waals surface area contributed by atoms with Crippen molar-refractivity contribution >= 4 is 57.7 Å². The number of aromatic nitrogens is 1. The molecule has 0 spiro atoms. The Morgan fingerprint density at radius 3 is 2.32 bits per heavy atom. The number of rotatable bonds is 12. The number of thiazole rings is 1. The third kappa shape index (κ3) is 9.18. The molecule has 5 aromatic rings. The summed E-state index contributed by atoms with van der Waals surface area (Å²) in [6.45, 7) is 6.20. The highest BCUT2D eigenvalue weighted by molar-refractivity contribution is 8.00. The van der Waals surface area contributed by atoms with Crippen LogP contribution in [0.15, 0.2) is 119 Å². The number of carbonyl (C=O) groups is 3. The SMILES string of the molecule is CCOc1ccccc1/C=C(\NC(=O)c1ccccc1)C(=O)Nc1ccc(SC(C)C(=O)Nc2nc(-c3ccc(C)cc3)cs2)cc1. The van der Waals surface area contributed by atoms with Gasteiger partial charge in [-0.1, -0.05) is 66.2 Å². The Hall–Kier alpha value is -5.19. The smallest absolute Gasteiger partial charge is 0.272 e. The topological polar surface area (TPSA) is 109 Å². The summed E-state index contributed by atoms with van der Waals surface area (Å²) >= 11 is 2.78. The zero-order chi connectivity index (χ0) is 33.2. The van der Waals surface area contributed by atoms with Gasteiger partial charge in [0.05, 0.1) is 17.6 Å². The number of aryl methyl sites for hydroxylation is 1. The number of nitrogens with zero attached hydrogens (tertiary/aromatic N) is 1. The summed E-state index contributed by atoms with van der Waals surface area (Å²) in [6.07, 6.45) is 1.60. The summed E-state index contributed by atoms with van der Waals surface area (Å²) in [5.41, 5.74) is 4.65. The van der Waals surface area contributed by atoms with Gasteiger partial charge in [0.15, 0.2) is 5.13 Å². The Bertz CT molecular complexity index is 1870. The number of thioether (sulfide) groups is 1. The van der Waals surface area contributed by atoms with Crippen molar-refractivity contribution in [2.75, 3.05) is 17.2 Å². The highest BCUT2D eigenvalue weighted by atomic mass is 32.2. The average Bonchev–Trinajstić information content (AvgIpc) is 3.55. The van der Waals surface area contributed by atoms with E-state index >= 15 is 0 Å². The largest absolute Gasteiger partial charge is 0.493 e. The van der Waals surface area contributed by atoms with E-state index in [4.69, 9.17) is 4.74 Å². The molecule has 0 aliphatic carbocycles. The molecule has 0 saturated heterocycles. The predicted molar refractivity (Wildman–Crippen MR) is 191 cm³/mol. The number of ether oxygens (including phenoxy) is 1. The van der Waals surface area contributed by atoms with E-state index in [1.165, 1.54) is 28.7 Å². The molecule has 0 radical (unpaired) electrons. The summed E-state index contributed by atoms with van der Waals surface area (Å²) < 4.78 is 5.72. The lowest BCUT2D eigenvalue weighted by atomic mass is 10.1. The van der Waals surface area contributed by atoms with Crippen molar-refractivity contribution in [3.05, 3.63) is 131 Å². The quantitative estimate of drug-likeness (QED) is 0.0922. The van der Waals surface area contributed by atoms with Gasteiger partial charge in [0, 0.05) is 32.7 Å². The molecule has 5 rings (SSSR count). The van der Waals surface area contributed by atoms with Crippen molar-refractivity contribution in [1.29, 1.82) is 0 Å². The van der Waals surface area contributed by atoms with Crippen molar-refractivity contribution in [1.82, 2.24) is 10.3 Å². The predicted octanol–water partition coefficient (Wildman–Crippen LogP) is 8.05. The van der Waals surface area contributed by atoms with E-state index in [0.717, 1.165) is 16.2 Å². The number of carbonyl (C=O) groups excluding carboxylic acids is 3. The van der Waals surface area contributed by atoms with E-state index in [1.807, 2.05) is 86.8 Å². The summed E-state index contributed by atoms with van der Waals surface area (Å²) in [5.74, 6) is -0.477. The first-order chi connectivity index (χ1) is 22.8. The minimum atomic E-state index is -0.498. The van der Waals surface area contributed by atoms with Gasteiger partial charge in [-0.25, -0.2) is 4.98 Å². The Morgan fingerprint density at radius 2 is 1.60 bits per heavy atom. The van der Waals surface area contributed by atoms with Crippen LogP contribution >= 0.6 is 23.1 Å². The van der Waals surface area contributed by atoms with Crippen LogP contribution in [0.2, 0.25) is 0 Å². The zero-order valence-electron chi connectivity index (χ0n) is 26.2. The number of hydrogen-bond acceptors (Lipinski definition) is 7. The van der Waals surface area contributed by atoms with Crippen LogP contribution in [0.3, 0.4) is 0 Å². The van der Waals surface area contributed by atoms with Crippen molar-refractivity contribution < 1.29 is 19.1 Å². The van der Waals surface area contributed by atoms with Gasteiger partial charge >= 0.3 is 0 Å². The summed E-state index contributed by atoms with van der Waals surface area (Å²) in [5, 5.41) is 10.6. The van der Waals surface area contributed by atoms with Crippen LogP contribution in [0.1, 0.15) is 35.3 Å². The number of hydrogen-bond donors (Lipinski definition) is 3. The fourth-order valence-corrected chi connectivity index (χ4v) is 6.04. The van der Waals surface area contributed by atoms with E-state index in [0.29, 0.717) is 34.3 Å².